The lowest BCUT2D eigenvalue weighted by atomic mass is 10.0. The zero-order valence-electron chi connectivity index (χ0n) is 9.42. The highest BCUT2D eigenvalue weighted by Gasteiger charge is 2.18. The van der Waals surface area contributed by atoms with E-state index >= 15 is 0 Å². The first-order valence-electron chi connectivity index (χ1n) is 5.75. The third-order valence-electron chi connectivity index (χ3n) is 3.20. The molecule has 0 spiro atoms. The minimum Gasteiger partial charge on any atom is -0.289 e. The number of pyridine rings is 1. The third kappa shape index (κ3) is 1.16. The van der Waals surface area contributed by atoms with Gasteiger partial charge in [-0.2, -0.15) is 0 Å². The van der Waals surface area contributed by atoms with Gasteiger partial charge < -0.3 is 0 Å². The first-order chi connectivity index (χ1) is 8.83. The molecular formula is C15H8N2O. The molecule has 3 heteroatoms. The summed E-state index contributed by atoms with van der Waals surface area (Å²) in [4.78, 5) is 20.8. The highest BCUT2D eigenvalue weighted by atomic mass is 16.1. The number of carbonyl (C=O) groups excluding carboxylic acids is 1. The van der Waals surface area contributed by atoms with Crippen LogP contribution in [0.25, 0.3) is 17.3 Å². The van der Waals surface area contributed by atoms with Gasteiger partial charge in [0.1, 0.15) is 0 Å². The number of benzene rings is 1. The Labute approximate surface area is 103 Å². The zero-order valence-corrected chi connectivity index (χ0v) is 9.42. The van der Waals surface area contributed by atoms with E-state index in [1.54, 1.807) is 12.2 Å². The second-order valence-corrected chi connectivity index (χ2v) is 4.31. The van der Waals surface area contributed by atoms with Gasteiger partial charge in [0.2, 0.25) is 0 Å². The lowest BCUT2D eigenvalue weighted by Gasteiger charge is -2.03. The molecule has 0 saturated carbocycles. The predicted octanol–water partition coefficient (Wildman–Crippen LogP) is 1.55. The van der Waals surface area contributed by atoms with Gasteiger partial charge in [-0.15, -0.1) is 0 Å². The molecule has 1 aliphatic heterocycles. The van der Waals surface area contributed by atoms with Gasteiger partial charge in [0, 0.05) is 11.1 Å². The minimum atomic E-state index is -0.00560. The number of ketones is 1. The van der Waals surface area contributed by atoms with Gasteiger partial charge in [-0.05, 0) is 24.3 Å². The first kappa shape index (κ1) is 9.48. The summed E-state index contributed by atoms with van der Waals surface area (Å²) in [6.45, 7) is 0. The summed E-state index contributed by atoms with van der Waals surface area (Å²) in [5.41, 5.74) is 3.45. The maximum absolute atomic E-state index is 11.8. The normalized spacial score (nSPS) is 14.3. The van der Waals surface area contributed by atoms with Gasteiger partial charge in [-0.1, -0.05) is 24.3 Å². The van der Waals surface area contributed by atoms with Crippen LogP contribution < -0.4 is 10.7 Å². The Morgan fingerprint density at radius 3 is 2.89 bits per heavy atom. The van der Waals surface area contributed by atoms with Crippen LogP contribution in [-0.2, 0) is 0 Å². The second kappa shape index (κ2) is 3.23. The van der Waals surface area contributed by atoms with Crippen LogP contribution in [0.1, 0.15) is 10.4 Å². The van der Waals surface area contributed by atoms with Crippen molar-refractivity contribution in [1.82, 2.24) is 4.98 Å². The number of hydrogen-bond donors (Lipinski definition) is 0. The number of rotatable bonds is 0. The molecule has 0 saturated heterocycles. The number of aromatic nitrogens is 1. The van der Waals surface area contributed by atoms with Crippen molar-refractivity contribution in [2.45, 2.75) is 0 Å². The minimum absolute atomic E-state index is 0.00560. The van der Waals surface area contributed by atoms with Crippen LogP contribution in [0.15, 0.2) is 47.5 Å². The molecule has 1 aliphatic carbocycles. The van der Waals surface area contributed by atoms with Crippen molar-refractivity contribution in [3.05, 3.63) is 58.8 Å². The first-order valence-corrected chi connectivity index (χ1v) is 5.75. The Hall–Kier alpha value is -2.55. The monoisotopic (exact) mass is 232 g/mol. The number of hydrogen-bond acceptors (Lipinski definition) is 3. The smallest absolute Gasteiger partial charge is 0.188 e. The molecule has 0 atom stereocenters. The molecule has 84 valence electrons. The summed E-state index contributed by atoms with van der Waals surface area (Å²) in [6, 6.07) is 9.72. The fraction of sp³-hybridized carbons (Fsp3) is 0. The zero-order chi connectivity index (χ0) is 12.1. The van der Waals surface area contributed by atoms with E-state index < -0.39 is 0 Å². The summed E-state index contributed by atoms with van der Waals surface area (Å²) in [5, 5.41) is 1.51. The van der Waals surface area contributed by atoms with Crippen LogP contribution in [-0.4, -0.2) is 10.8 Å². The van der Waals surface area contributed by atoms with Crippen molar-refractivity contribution in [2.75, 3.05) is 0 Å². The van der Waals surface area contributed by atoms with Crippen molar-refractivity contribution in [3.63, 3.8) is 0 Å². The summed E-state index contributed by atoms with van der Waals surface area (Å²) in [6.07, 6.45) is 5.15. The molecule has 0 radical (unpaired) electrons. The number of nitrogens with zero attached hydrogens (tertiary/aromatic N) is 2. The molecule has 2 aromatic rings. The third-order valence-corrected chi connectivity index (χ3v) is 3.20. The van der Waals surface area contributed by atoms with Crippen molar-refractivity contribution >= 4 is 17.5 Å². The van der Waals surface area contributed by atoms with E-state index in [1.165, 1.54) is 0 Å². The SMILES string of the molecule is O=C1C=CC=c2nc3c(cc21)=Nc1ccccc1-3. The summed E-state index contributed by atoms with van der Waals surface area (Å²) in [5.74, 6) is -0.00560. The van der Waals surface area contributed by atoms with Gasteiger partial charge in [0.15, 0.2) is 5.78 Å². The van der Waals surface area contributed by atoms with Crippen LogP contribution in [0.3, 0.4) is 0 Å². The fourth-order valence-corrected chi connectivity index (χ4v) is 2.34. The topological polar surface area (TPSA) is 42.3 Å². The number of fused-ring (bicyclic) bond motifs is 4. The van der Waals surface area contributed by atoms with E-state index in [0.717, 1.165) is 27.7 Å². The molecule has 1 aromatic carbocycles. The van der Waals surface area contributed by atoms with E-state index in [2.05, 4.69) is 9.98 Å². The van der Waals surface area contributed by atoms with Gasteiger partial charge in [-0.3, -0.25) is 4.79 Å². The Morgan fingerprint density at radius 2 is 1.94 bits per heavy atom. The van der Waals surface area contributed by atoms with Crippen LogP contribution in [0.5, 0.6) is 0 Å². The van der Waals surface area contributed by atoms with Crippen molar-refractivity contribution in [2.24, 2.45) is 4.99 Å². The molecule has 0 bridgehead atoms. The highest BCUT2D eigenvalue weighted by molar-refractivity contribution is 6.06. The number of carbonyl (C=O) groups is 1. The number of allylic oxidation sites excluding steroid dienone is 2. The standard InChI is InChI=1S/C15H8N2O/c18-14-7-3-6-12-10(14)8-13-15(17-12)9-4-1-2-5-11(9)16-13/h1-8H. The predicted molar refractivity (Wildman–Crippen MR) is 68.0 cm³/mol. The van der Waals surface area contributed by atoms with Crippen molar-refractivity contribution < 1.29 is 4.79 Å². The molecule has 4 rings (SSSR count). The van der Waals surface area contributed by atoms with Gasteiger partial charge in [0.05, 0.1) is 22.1 Å². The van der Waals surface area contributed by atoms with Crippen LogP contribution in [0.4, 0.5) is 5.69 Å². The Balaban J connectivity index is 2.12. The van der Waals surface area contributed by atoms with Crippen LogP contribution in [0, 0.1) is 0 Å². The highest BCUT2D eigenvalue weighted by Crippen LogP contribution is 2.30. The van der Waals surface area contributed by atoms with Crippen LogP contribution in [0.2, 0.25) is 0 Å². The lowest BCUT2D eigenvalue weighted by molar-refractivity contribution is 0.104. The summed E-state index contributed by atoms with van der Waals surface area (Å²) in [7, 11) is 0. The summed E-state index contributed by atoms with van der Waals surface area (Å²) >= 11 is 0. The summed E-state index contributed by atoms with van der Waals surface area (Å²) < 4.78 is 0. The average molecular weight is 232 g/mol. The van der Waals surface area contributed by atoms with E-state index in [9.17, 15) is 4.79 Å². The van der Waals surface area contributed by atoms with E-state index in [4.69, 9.17) is 0 Å². The molecular weight excluding hydrogens is 224 g/mol. The molecule has 3 nitrogen and oxygen atoms in total. The molecule has 1 aromatic heterocycles. The van der Waals surface area contributed by atoms with Gasteiger partial charge in [-0.25, -0.2) is 9.98 Å². The van der Waals surface area contributed by atoms with E-state index in [1.807, 2.05) is 36.4 Å². The maximum Gasteiger partial charge on any atom is 0.188 e. The van der Waals surface area contributed by atoms with Crippen LogP contribution >= 0.6 is 0 Å². The van der Waals surface area contributed by atoms with E-state index in [-0.39, 0.29) is 5.78 Å². The Bertz CT molecular complexity index is 847. The van der Waals surface area contributed by atoms with Crippen molar-refractivity contribution in [3.8, 4) is 11.3 Å². The fourth-order valence-electron chi connectivity index (χ4n) is 2.34. The molecule has 0 fully saturated rings. The van der Waals surface area contributed by atoms with E-state index in [0.29, 0.717) is 5.56 Å². The molecule has 2 heterocycles. The molecule has 0 N–H and O–H groups in total. The second-order valence-electron chi connectivity index (χ2n) is 4.31. The molecule has 18 heavy (non-hydrogen) atoms. The largest absolute Gasteiger partial charge is 0.289 e. The molecule has 2 aliphatic rings. The molecule has 0 unspecified atom stereocenters. The Kier molecular flexibility index (Phi) is 1.70. The average Bonchev–Trinajstić information content (AvgIpc) is 2.75. The van der Waals surface area contributed by atoms with Gasteiger partial charge in [0.25, 0.3) is 0 Å². The maximum atomic E-state index is 11.8. The Morgan fingerprint density at radius 1 is 1.06 bits per heavy atom. The lowest BCUT2D eigenvalue weighted by Crippen LogP contribution is -2.25. The van der Waals surface area contributed by atoms with Crippen molar-refractivity contribution in [1.29, 1.82) is 0 Å². The number of para-hydroxylation sites is 1. The quantitative estimate of drug-likeness (QED) is 0.590. The molecule has 0 amide bonds. The van der Waals surface area contributed by atoms with Gasteiger partial charge >= 0.3 is 0 Å².